The van der Waals surface area contributed by atoms with Crippen molar-refractivity contribution in [1.29, 1.82) is 0 Å². The lowest BCUT2D eigenvalue weighted by Gasteiger charge is -2.12. The summed E-state index contributed by atoms with van der Waals surface area (Å²) in [4.78, 5) is 0. The standard InChI is InChI=1S/C9H12ClNO2S/c1-7(11-14(2,12)13)8-4-3-5-9(10)6-8/h3-7,11H,1-2H3. The molecule has 1 aromatic rings. The molecular formula is C9H12ClNO2S. The van der Waals surface area contributed by atoms with Crippen LogP contribution >= 0.6 is 11.6 Å². The van der Waals surface area contributed by atoms with Gasteiger partial charge in [-0.3, -0.25) is 0 Å². The van der Waals surface area contributed by atoms with Crippen molar-refractivity contribution in [2.45, 2.75) is 13.0 Å². The van der Waals surface area contributed by atoms with Gasteiger partial charge in [0, 0.05) is 11.1 Å². The number of benzene rings is 1. The van der Waals surface area contributed by atoms with Crippen LogP contribution in [0.2, 0.25) is 5.02 Å². The molecule has 1 N–H and O–H groups in total. The third-order valence-corrected chi connectivity index (χ3v) is 2.76. The molecule has 0 heterocycles. The highest BCUT2D eigenvalue weighted by molar-refractivity contribution is 7.88. The quantitative estimate of drug-likeness (QED) is 0.868. The minimum atomic E-state index is -3.18. The average molecular weight is 234 g/mol. The highest BCUT2D eigenvalue weighted by atomic mass is 35.5. The van der Waals surface area contributed by atoms with Gasteiger partial charge in [-0.25, -0.2) is 13.1 Å². The molecule has 14 heavy (non-hydrogen) atoms. The van der Waals surface area contributed by atoms with Gasteiger partial charge in [0.15, 0.2) is 0 Å². The molecule has 0 aromatic heterocycles. The lowest BCUT2D eigenvalue weighted by Crippen LogP contribution is -2.25. The molecule has 0 radical (unpaired) electrons. The molecule has 5 heteroatoms. The number of hydrogen-bond acceptors (Lipinski definition) is 2. The fraction of sp³-hybridized carbons (Fsp3) is 0.333. The van der Waals surface area contributed by atoms with Crippen molar-refractivity contribution < 1.29 is 8.42 Å². The van der Waals surface area contributed by atoms with E-state index in [9.17, 15) is 8.42 Å². The maximum atomic E-state index is 11.0. The van der Waals surface area contributed by atoms with E-state index in [0.717, 1.165) is 11.8 Å². The third-order valence-electron chi connectivity index (χ3n) is 1.74. The summed E-state index contributed by atoms with van der Waals surface area (Å²) in [5, 5.41) is 0.602. The third kappa shape index (κ3) is 3.65. The first-order valence-electron chi connectivity index (χ1n) is 4.11. The summed E-state index contributed by atoms with van der Waals surface area (Å²) < 4.78 is 24.4. The topological polar surface area (TPSA) is 46.2 Å². The summed E-state index contributed by atoms with van der Waals surface area (Å²) in [6, 6.07) is 6.85. The zero-order chi connectivity index (χ0) is 10.8. The lowest BCUT2D eigenvalue weighted by molar-refractivity contribution is 0.573. The van der Waals surface area contributed by atoms with E-state index in [-0.39, 0.29) is 6.04 Å². The summed E-state index contributed by atoms with van der Waals surface area (Å²) in [6.07, 6.45) is 1.13. The Kier molecular flexibility index (Phi) is 3.53. The summed E-state index contributed by atoms with van der Waals surface area (Å²) >= 11 is 5.78. The van der Waals surface area contributed by atoms with Crippen LogP contribution in [0.3, 0.4) is 0 Å². The second-order valence-corrected chi connectivity index (χ2v) is 5.38. The van der Waals surface area contributed by atoms with Crippen molar-refractivity contribution in [3.63, 3.8) is 0 Å². The molecule has 0 aliphatic heterocycles. The second-order valence-electron chi connectivity index (χ2n) is 3.17. The fourth-order valence-corrected chi connectivity index (χ4v) is 2.14. The predicted molar refractivity (Wildman–Crippen MR) is 57.8 cm³/mol. The number of hydrogen-bond donors (Lipinski definition) is 1. The van der Waals surface area contributed by atoms with Crippen molar-refractivity contribution in [2.24, 2.45) is 0 Å². The van der Waals surface area contributed by atoms with E-state index in [1.54, 1.807) is 25.1 Å². The number of sulfonamides is 1. The molecule has 1 unspecified atom stereocenters. The van der Waals surface area contributed by atoms with Crippen molar-refractivity contribution in [3.8, 4) is 0 Å². The van der Waals surface area contributed by atoms with Crippen molar-refractivity contribution in [2.75, 3.05) is 6.26 Å². The van der Waals surface area contributed by atoms with Crippen LogP contribution in [0.5, 0.6) is 0 Å². The molecule has 78 valence electrons. The highest BCUT2D eigenvalue weighted by Crippen LogP contribution is 2.17. The van der Waals surface area contributed by atoms with Crippen molar-refractivity contribution in [3.05, 3.63) is 34.9 Å². The zero-order valence-corrected chi connectivity index (χ0v) is 9.56. The summed E-state index contributed by atoms with van der Waals surface area (Å²) in [7, 11) is -3.18. The SMILES string of the molecule is CC(NS(C)(=O)=O)c1cccc(Cl)c1. The van der Waals surface area contributed by atoms with Gasteiger partial charge in [0.05, 0.1) is 6.26 Å². The maximum absolute atomic E-state index is 11.0. The largest absolute Gasteiger partial charge is 0.213 e. The van der Waals surface area contributed by atoms with Gasteiger partial charge < -0.3 is 0 Å². The number of nitrogens with one attached hydrogen (secondary N) is 1. The van der Waals surface area contributed by atoms with Crippen LogP contribution in [0.1, 0.15) is 18.5 Å². The Balaban J connectivity index is 2.85. The molecule has 0 bridgehead atoms. The van der Waals surface area contributed by atoms with E-state index < -0.39 is 10.0 Å². The first kappa shape index (κ1) is 11.5. The lowest BCUT2D eigenvalue weighted by atomic mass is 10.1. The Bertz CT molecular complexity index is 417. The molecule has 3 nitrogen and oxygen atoms in total. The zero-order valence-electron chi connectivity index (χ0n) is 7.99. The molecular weight excluding hydrogens is 222 g/mol. The van der Waals surface area contributed by atoms with Gasteiger partial charge in [-0.15, -0.1) is 0 Å². The molecule has 1 atom stereocenters. The van der Waals surface area contributed by atoms with E-state index in [4.69, 9.17) is 11.6 Å². The normalized spacial score (nSPS) is 13.9. The minimum absolute atomic E-state index is 0.260. The molecule has 0 aliphatic rings. The van der Waals surface area contributed by atoms with Crippen LogP contribution in [0.4, 0.5) is 0 Å². The monoisotopic (exact) mass is 233 g/mol. The van der Waals surface area contributed by atoms with Crippen LogP contribution in [0.15, 0.2) is 24.3 Å². The summed E-state index contributed by atoms with van der Waals surface area (Å²) in [5.41, 5.74) is 0.850. The summed E-state index contributed by atoms with van der Waals surface area (Å²) in [5.74, 6) is 0. The molecule has 0 saturated heterocycles. The first-order chi connectivity index (χ1) is 6.38. The minimum Gasteiger partial charge on any atom is -0.213 e. The van der Waals surface area contributed by atoms with Gasteiger partial charge in [0.2, 0.25) is 10.0 Å². The highest BCUT2D eigenvalue weighted by Gasteiger charge is 2.10. The Labute approximate surface area is 89.1 Å². The molecule has 0 fully saturated rings. The van der Waals surface area contributed by atoms with E-state index in [0.29, 0.717) is 5.02 Å². The Morgan fingerprint density at radius 1 is 1.43 bits per heavy atom. The van der Waals surface area contributed by atoms with Crippen LogP contribution < -0.4 is 4.72 Å². The Morgan fingerprint density at radius 2 is 2.07 bits per heavy atom. The molecule has 0 saturated carbocycles. The fourth-order valence-electron chi connectivity index (χ4n) is 1.17. The van der Waals surface area contributed by atoms with Gasteiger partial charge >= 0.3 is 0 Å². The van der Waals surface area contributed by atoms with E-state index in [1.807, 2.05) is 6.07 Å². The molecule has 1 aromatic carbocycles. The smallest absolute Gasteiger partial charge is 0.209 e. The van der Waals surface area contributed by atoms with Gasteiger partial charge in [0.25, 0.3) is 0 Å². The molecule has 0 amide bonds. The van der Waals surface area contributed by atoms with Crippen LogP contribution in [0, 0.1) is 0 Å². The van der Waals surface area contributed by atoms with E-state index in [1.165, 1.54) is 0 Å². The number of rotatable bonds is 3. The Morgan fingerprint density at radius 3 is 2.57 bits per heavy atom. The average Bonchev–Trinajstić information content (AvgIpc) is 2.01. The van der Waals surface area contributed by atoms with Gasteiger partial charge in [-0.05, 0) is 24.6 Å². The summed E-state index contributed by atoms with van der Waals surface area (Å²) in [6.45, 7) is 1.77. The van der Waals surface area contributed by atoms with Gasteiger partial charge in [-0.1, -0.05) is 23.7 Å². The first-order valence-corrected chi connectivity index (χ1v) is 6.38. The van der Waals surface area contributed by atoms with E-state index in [2.05, 4.69) is 4.72 Å². The van der Waals surface area contributed by atoms with Gasteiger partial charge in [-0.2, -0.15) is 0 Å². The predicted octanol–water partition coefficient (Wildman–Crippen LogP) is 1.95. The van der Waals surface area contributed by atoms with Crippen molar-refractivity contribution in [1.82, 2.24) is 4.72 Å². The van der Waals surface area contributed by atoms with Crippen LogP contribution in [0.25, 0.3) is 0 Å². The number of halogens is 1. The molecule has 1 rings (SSSR count). The van der Waals surface area contributed by atoms with Crippen LogP contribution in [-0.4, -0.2) is 14.7 Å². The van der Waals surface area contributed by atoms with Crippen LogP contribution in [-0.2, 0) is 10.0 Å². The molecule has 0 aliphatic carbocycles. The second kappa shape index (κ2) is 4.29. The van der Waals surface area contributed by atoms with Gasteiger partial charge in [0.1, 0.15) is 0 Å². The van der Waals surface area contributed by atoms with Crippen molar-refractivity contribution >= 4 is 21.6 Å². The maximum Gasteiger partial charge on any atom is 0.209 e. The van der Waals surface area contributed by atoms with E-state index >= 15 is 0 Å². The Hall–Kier alpha value is -0.580. The molecule has 0 spiro atoms.